The van der Waals surface area contributed by atoms with Gasteiger partial charge in [0, 0.05) is 39.9 Å². The molecule has 0 radical (unpaired) electrons. The Labute approximate surface area is 831 Å². The van der Waals surface area contributed by atoms with E-state index in [4.69, 9.17) is 9.47 Å². The van der Waals surface area contributed by atoms with Crippen LogP contribution < -0.4 is 0 Å². The SMILES string of the molecule is C1CCC1.C1CCC1.CC(C)(C)c1ccc([S+](c2ccccc2)c2ccccc2)cc1.CC(C)(C)c1ccc([S+](c2ccccc2)c2ccccc2)cc1.CC(C)(C)c1ccc([S+](c2ccccc2)c2ccccc2)cc1.CC(F)(F)C(F)(F)S(=O)(=O)[O-].CC(F)(F)C(F)(F)S(=O)(=O)[O-].CCC(C)(C)C(=O)OC.CCC(C)C(=O)OC.CCC(C)C(=O)OCCCOCCCC(F)(F)C(F)(F)S(=O)(=O)[O-]. The summed E-state index contributed by atoms with van der Waals surface area (Å²) in [5, 5.41) is -16.7. The maximum absolute atomic E-state index is 13.1. The molecule has 2 unspecified atom stereocenters. The molecule has 34 heteroatoms. The number of esters is 3. The second-order valence-electron chi connectivity index (χ2n) is 36.5. The van der Waals surface area contributed by atoms with Crippen LogP contribution in [-0.4, -0.2) is 124 Å². The Morgan fingerprint density at radius 2 is 0.543 bits per heavy atom. The fourth-order valence-corrected chi connectivity index (χ4v) is 18.6. The maximum atomic E-state index is 13.1. The molecule has 16 nitrogen and oxygen atoms in total. The fourth-order valence-electron chi connectivity index (χ4n) is 11.0. The molecule has 0 aliphatic heterocycles. The van der Waals surface area contributed by atoms with E-state index in [1.54, 1.807) is 6.92 Å². The van der Waals surface area contributed by atoms with E-state index < -0.39 is 76.7 Å². The van der Waals surface area contributed by atoms with Crippen LogP contribution in [0.3, 0.4) is 0 Å². The third-order valence-electron chi connectivity index (χ3n) is 21.4. The van der Waals surface area contributed by atoms with Crippen molar-refractivity contribution in [1.82, 2.24) is 0 Å². The summed E-state index contributed by atoms with van der Waals surface area (Å²) in [6, 6.07) is 92.2. The summed E-state index contributed by atoms with van der Waals surface area (Å²) in [7, 11) is -16.4. The summed E-state index contributed by atoms with van der Waals surface area (Å²) < 4.78 is 252. The van der Waals surface area contributed by atoms with Gasteiger partial charge in [-0.3, -0.25) is 14.4 Å². The predicted molar refractivity (Wildman–Crippen MR) is 530 cm³/mol. The van der Waals surface area contributed by atoms with Crippen LogP contribution in [0.5, 0.6) is 0 Å². The molecular formula is C106H138F12O16S6. The molecule has 2 fully saturated rings. The molecule has 0 bridgehead atoms. The van der Waals surface area contributed by atoms with Crippen molar-refractivity contribution in [2.45, 2.75) is 308 Å². The predicted octanol–water partition coefficient (Wildman–Crippen LogP) is 28.3. The molecule has 0 amide bonds. The van der Waals surface area contributed by atoms with Gasteiger partial charge in [-0.1, -0.05) is 294 Å². The summed E-state index contributed by atoms with van der Waals surface area (Å²) in [4.78, 5) is 45.0. The van der Waals surface area contributed by atoms with Crippen LogP contribution in [0.15, 0.2) is 299 Å². The first kappa shape index (κ1) is 127. The minimum Gasteiger partial charge on any atom is -0.743 e. The minimum atomic E-state index is -6.45. The van der Waals surface area contributed by atoms with Crippen molar-refractivity contribution >= 4 is 80.9 Å². The van der Waals surface area contributed by atoms with Crippen molar-refractivity contribution in [3.05, 3.63) is 271 Å². The lowest BCUT2D eigenvalue weighted by molar-refractivity contribution is -0.166. The summed E-state index contributed by atoms with van der Waals surface area (Å²) in [5.41, 5.74) is 4.40. The zero-order valence-electron chi connectivity index (χ0n) is 83.4. The molecule has 0 saturated heterocycles. The summed E-state index contributed by atoms with van der Waals surface area (Å²) in [6.45, 7) is 32.5. The molecule has 0 N–H and O–H groups in total. The van der Waals surface area contributed by atoms with Gasteiger partial charge in [0.1, 0.15) is 0 Å². The first-order chi connectivity index (χ1) is 64.8. The number of alkyl halides is 12. The van der Waals surface area contributed by atoms with E-state index in [1.807, 2.05) is 41.5 Å². The number of hydrogen-bond acceptors (Lipinski definition) is 16. The smallest absolute Gasteiger partial charge is 0.396 e. The van der Waals surface area contributed by atoms with Gasteiger partial charge < -0.3 is 32.6 Å². The van der Waals surface area contributed by atoms with Gasteiger partial charge in [0.05, 0.1) is 70.8 Å². The van der Waals surface area contributed by atoms with E-state index in [1.165, 1.54) is 126 Å². The number of benzene rings is 9. The third kappa shape index (κ3) is 43.1. The lowest BCUT2D eigenvalue weighted by Crippen LogP contribution is -2.46. The molecule has 9 aromatic carbocycles. The minimum absolute atomic E-state index is 0.0497. The van der Waals surface area contributed by atoms with Crippen LogP contribution in [0.4, 0.5) is 52.7 Å². The van der Waals surface area contributed by atoms with E-state index in [0.717, 1.165) is 12.8 Å². The Balaban J connectivity index is 0.000000549. The van der Waals surface area contributed by atoms with E-state index in [0.29, 0.717) is 12.8 Å². The average Bonchev–Trinajstić information content (AvgIpc) is 0.783. The molecule has 2 aliphatic carbocycles. The van der Waals surface area contributed by atoms with Gasteiger partial charge in [-0.15, -0.1) is 0 Å². The average molecular weight is 2090 g/mol. The zero-order chi connectivity index (χ0) is 107. The number of methoxy groups -OCH3 is 2. The van der Waals surface area contributed by atoms with E-state index >= 15 is 0 Å². The van der Waals surface area contributed by atoms with Crippen LogP contribution in [-0.2, 0) is 113 Å². The van der Waals surface area contributed by atoms with Gasteiger partial charge in [0.25, 0.3) is 0 Å². The molecule has 0 spiro atoms. The largest absolute Gasteiger partial charge is 0.743 e. The highest BCUT2D eigenvalue weighted by Crippen LogP contribution is 2.44. The van der Waals surface area contributed by atoms with Crippen LogP contribution in [0.1, 0.15) is 231 Å². The van der Waals surface area contributed by atoms with Crippen molar-refractivity contribution in [2.24, 2.45) is 17.3 Å². The third-order valence-corrected chi connectivity index (χ3v) is 31.0. The number of hydrogen-bond donors (Lipinski definition) is 0. The highest BCUT2D eigenvalue weighted by Gasteiger charge is 2.61. The molecule has 11 rings (SSSR count). The summed E-state index contributed by atoms with van der Waals surface area (Å²) in [5.74, 6) is -15.5. The molecular weight excluding hydrogens is 1950 g/mol. The Hall–Kier alpha value is -8.71. The highest BCUT2D eigenvalue weighted by molar-refractivity contribution is 7.97. The van der Waals surface area contributed by atoms with Crippen LogP contribution in [0.2, 0.25) is 0 Å². The van der Waals surface area contributed by atoms with Gasteiger partial charge >= 0.3 is 51.4 Å². The Morgan fingerprint density at radius 1 is 0.321 bits per heavy atom. The Bertz CT molecular complexity index is 4870. The van der Waals surface area contributed by atoms with Crippen molar-refractivity contribution in [3.8, 4) is 0 Å². The number of carbonyl (C=O) groups is 3. The topological polar surface area (TPSA) is 260 Å². The highest BCUT2D eigenvalue weighted by atomic mass is 32.2. The number of halogens is 12. The van der Waals surface area contributed by atoms with Crippen molar-refractivity contribution in [3.63, 3.8) is 0 Å². The monoisotopic (exact) mass is 2090 g/mol. The standard InChI is InChI=1S/3C22H23S.C13H22F4O6S.C7H14O2.C6H12O2.2C4H8.2C3H4F4O3S/c3*1-22(2,3)18-14-16-21(17-15-18)23(19-10-6-4-7-11-19)20-12-8-5-9-13-20;1-3-10(2)11(18)23-9-5-8-22-7-4-6-12(14,15)13(16,17)24(19,20)21;1-5-7(2,3)6(8)9-4;1-4-5(2)6(7)8-3;2*1-2-4-3-1;2*1-2(4,5)3(6,7)11(8,9)10/h3*4-17H,1-3H3;10H,3-9H2,1-2H3,(H,19,20,21);5H2,1-4H3;5H,4H2,1-3H3;2*1-4H2;2*1H3,(H,8,9,10)/q3*+1;;;;;;;/p-3. The number of carbonyl (C=O) groups excluding carboxylic acids is 3. The fraction of sp³-hybridized carbons (Fsp3) is 0.462. The maximum Gasteiger partial charge on any atom is 0.396 e. The molecule has 9 aromatic rings. The van der Waals surface area contributed by atoms with Crippen molar-refractivity contribution < 1.29 is 125 Å². The zero-order valence-corrected chi connectivity index (χ0v) is 88.3. The van der Waals surface area contributed by atoms with Crippen LogP contribution >= 0.6 is 0 Å². The van der Waals surface area contributed by atoms with E-state index in [9.17, 15) is 106 Å². The molecule has 778 valence electrons. The lowest BCUT2D eigenvalue weighted by Gasteiger charge is -2.28. The van der Waals surface area contributed by atoms with Gasteiger partial charge in [-0.05, 0) is 182 Å². The van der Waals surface area contributed by atoms with Gasteiger partial charge in [0.2, 0.25) is 0 Å². The van der Waals surface area contributed by atoms with Crippen LogP contribution in [0, 0.1) is 17.3 Å². The first-order valence-electron chi connectivity index (χ1n) is 45.7. The second-order valence-corrected chi connectivity index (χ2v) is 46.8. The molecule has 2 saturated carbocycles. The number of ether oxygens (including phenoxy) is 4. The normalized spacial score (nSPS) is 13.4. The lowest BCUT2D eigenvalue weighted by atomic mass is 9.87. The molecule has 2 atom stereocenters. The molecule has 0 heterocycles. The van der Waals surface area contributed by atoms with Crippen molar-refractivity contribution in [2.75, 3.05) is 34.0 Å². The second kappa shape index (κ2) is 58.9. The van der Waals surface area contributed by atoms with Gasteiger partial charge in [-0.25, -0.2) is 25.3 Å². The van der Waals surface area contributed by atoms with Gasteiger partial charge in [-0.2, -0.15) is 52.7 Å². The number of rotatable bonds is 29. The Kier molecular flexibility index (Phi) is 53.6. The van der Waals surface area contributed by atoms with Crippen LogP contribution in [0.25, 0.3) is 0 Å². The summed E-state index contributed by atoms with van der Waals surface area (Å²) in [6.07, 6.45) is 12.5. The summed E-state index contributed by atoms with van der Waals surface area (Å²) >= 11 is 0. The van der Waals surface area contributed by atoms with E-state index in [-0.39, 0.29) is 118 Å². The van der Waals surface area contributed by atoms with Crippen molar-refractivity contribution in [1.29, 1.82) is 0 Å². The van der Waals surface area contributed by atoms with Gasteiger partial charge in [0.15, 0.2) is 74.4 Å². The Morgan fingerprint density at radius 3 is 0.707 bits per heavy atom. The molecule has 0 aromatic heterocycles. The first-order valence-corrected chi connectivity index (χ1v) is 53.6. The molecule has 2 aliphatic rings. The quantitative estimate of drug-likeness (QED) is 0.0105. The van der Waals surface area contributed by atoms with E-state index in [2.05, 4.69) is 327 Å². The molecule has 140 heavy (non-hydrogen) atoms.